The molecular formula is C15H24N2O3. The second-order valence-electron chi connectivity index (χ2n) is 5.20. The van der Waals surface area contributed by atoms with Crippen LogP contribution in [0.3, 0.4) is 0 Å². The zero-order chi connectivity index (χ0) is 14.4. The van der Waals surface area contributed by atoms with Gasteiger partial charge in [-0.05, 0) is 13.0 Å². The summed E-state index contributed by atoms with van der Waals surface area (Å²) >= 11 is 0. The lowest BCUT2D eigenvalue weighted by Crippen LogP contribution is -2.47. The number of hydrogen-bond acceptors (Lipinski definition) is 5. The first-order chi connectivity index (χ1) is 9.70. The van der Waals surface area contributed by atoms with Gasteiger partial charge in [-0.25, -0.2) is 0 Å². The normalized spacial score (nSPS) is 21.6. The van der Waals surface area contributed by atoms with Crippen LogP contribution >= 0.6 is 0 Å². The zero-order valence-corrected chi connectivity index (χ0v) is 12.0. The molecule has 1 fully saturated rings. The van der Waals surface area contributed by atoms with Crippen molar-refractivity contribution in [2.45, 2.75) is 25.6 Å². The van der Waals surface area contributed by atoms with Crippen LogP contribution in [0.5, 0.6) is 5.75 Å². The van der Waals surface area contributed by atoms with Gasteiger partial charge in [0, 0.05) is 31.2 Å². The van der Waals surface area contributed by atoms with Gasteiger partial charge in [-0.3, -0.25) is 4.90 Å². The van der Waals surface area contributed by atoms with E-state index in [9.17, 15) is 5.11 Å². The van der Waals surface area contributed by atoms with E-state index in [0.29, 0.717) is 19.1 Å². The molecule has 0 aromatic heterocycles. The van der Waals surface area contributed by atoms with Crippen molar-refractivity contribution in [3.8, 4) is 5.75 Å². The summed E-state index contributed by atoms with van der Waals surface area (Å²) < 4.78 is 11.1. The molecule has 3 N–H and O–H groups in total. The molecule has 0 saturated carbocycles. The van der Waals surface area contributed by atoms with E-state index in [1.54, 1.807) is 0 Å². The maximum Gasteiger partial charge on any atom is 0.123 e. The van der Waals surface area contributed by atoms with E-state index in [4.69, 9.17) is 15.2 Å². The molecule has 1 aliphatic rings. The molecule has 0 spiro atoms. The van der Waals surface area contributed by atoms with E-state index in [1.165, 1.54) is 0 Å². The molecule has 2 unspecified atom stereocenters. The van der Waals surface area contributed by atoms with Crippen LogP contribution in [0.4, 0.5) is 0 Å². The fraction of sp³-hybridized carbons (Fsp3) is 0.600. The molecule has 0 bridgehead atoms. The summed E-state index contributed by atoms with van der Waals surface area (Å²) in [4.78, 5) is 2.23. The first-order valence-corrected chi connectivity index (χ1v) is 7.11. The maximum atomic E-state index is 10.1. The third-order valence-corrected chi connectivity index (χ3v) is 3.57. The van der Waals surface area contributed by atoms with Crippen molar-refractivity contribution in [2.75, 3.05) is 32.9 Å². The Balaban J connectivity index is 1.81. The average molecular weight is 280 g/mol. The minimum atomic E-state index is -0.513. The summed E-state index contributed by atoms with van der Waals surface area (Å²) in [5, 5.41) is 10.1. The Hall–Kier alpha value is -1.14. The summed E-state index contributed by atoms with van der Waals surface area (Å²) in [7, 11) is 0. The van der Waals surface area contributed by atoms with E-state index in [1.807, 2.05) is 24.3 Å². The predicted molar refractivity (Wildman–Crippen MR) is 77.7 cm³/mol. The molecule has 20 heavy (non-hydrogen) atoms. The fourth-order valence-electron chi connectivity index (χ4n) is 2.36. The number of aliphatic hydroxyl groups excluding tert-OH is 1. The SMILES string of the molecule is CC1COCCN1CC(O)COc1ccccc1CN. The Morgan fingerprint density at radius 3 is 3.05 bits per heavy atom. The zero-order valence-electron chi connectivity index (χ0n) is 12.0. The summed E-state index contributed by atoms with van der Waals surface area (Å²) in [6, 6.07) is 8.00. The van der Waals surface area contributed by atoms with Gasteiger partial charge in [-0.1, -0.05) is 18.2 Å². The summed E-state index contributed by atoms with van der Waals surface area (Å²) in [6.07, 6.45) is -0.513. The van der Waals surface area contributed by atoms with Gasteiger partial charge in [0.1, 0.15) is 18.5 Å². The molecular weight excluding hydrogens is 256 g/mol. The molecule has 5 heteroatoms. The van der Waals surface area contributed by atoms with Crippen molar-refractivity contribution in [1.29, 1.82) is 0 Å². The van der Waals surface area contributed by atoms with Gasteiger partial charge >= 0.3 is 0 Å². The maximum absolute atomic E-state index is 10.1. The topological polar surface area (TPSA) is 68.0 Å². The van der Waals surface area contributed by atoms with Crippen molar-refractivity contribution >= 4 is 0 Å². The Labute approximate surface area is 120 Å². The lowest BCUT2D eigenvalue weighted by molar-refractivity contribution is -0.0266. The van der Waals surface area contributed by atoms with E-state index >= 15 is 0 Å². The third-order valence-electron chi connectivity index (χ3n) is 3.57. The molecule has 1 heterocycles. The van der Waals surface area contributed by atoms with Gasteiger partial charge in [-0.15, -0.1) is 0 Å². The van der Waals surface area contributed by atoms with Crippen LogP contribution in [0, 0.1) is 0 Å². The lowest BCUT2D eigenvalue weighted by atomic mass is 10.2. The quantitative estimate of drug-likeness (QED) is 0.799. The van der Waals surface area contributed by atoms with Gasteiger partial charge in [-0.2, -0.15) is 0 Å². The fourth-order valence-corrected chi connectivity index (χ4v) is 2.36. The van der Waals surface area contributed by atoms with Crippen LogP contribution in [0.2, 0.25) is 0 Å². The molecule has 1 aromatic rings. The molecule has 2 rings (SSSR count). The number of β-amino-alcohol motifs (C(OH)–C–C–N with tert-alkyl or cyclic N) is 1. The lowest BCUT2D eigenvalue weighted by Gasteiger charge is -2.34. The third kappa shape index (κ3) is 4.18. The summed E-state index contributed by atoms with van der Waals surface area (Å²) in [5.74, 6) is 0.754. The molecule has 1 saturated heterocycles. The van der Waals surface area contributed by atoms with Crippen LogP contribution in [-0.2, 0) is 11.3 Å². The first kappa shape index (κ1) is 15.3. The van der Waals surface area contributed by atoms with Crippen LogP contribution in [0.15, 0.2) is 24.3 Å². The van der Waals surface area contributed by atoms with Crippen LogP contribution < -0.4 is 10.5 Å². The largest absolute Gasteiger partial charge is 0.491 e. The number of nitrogens with zero attached hydrogens (tertiary/aromatic N) is 1. The van der Waals surface area contributed by atoms with E-state index < -0.39 is 6.10 Å². The first-order valence-electron chi connectivity index (χ1n) is 7.11. The minimum Gasteiger partial charge on any atom is -0.491 e. The van der Waals surface area contributed by atoms with Crippen LogP contribution in [0.1, 0.15) is 12.5 Å². The van der Waals surface area contributed by atoms with Crippen molar-refractivity contribution < 1.29 is 14.6 Å². The number of ether oxygens (including phenoxy) is 2. The summed E-state index contributed by atoms with van der Waals surface area (Å²) in [6.45, 7) is 5.74. The van der Waals surface area contributed by atoms with Gasteiger partial charge in [0.15, 0.2) is 0 Å². The van der Waals surface area contributed by atoms with Crippen LogP contribution in [0.25, 0.3) is 0 Å². The molecule has 0 radical (unpaired) electrons. The van der Waals surface area contributed by atoms with Crippen LogP contribution in [-0.4, -0.2) is 55.1 Å². The summed E-state index contributed by atoms with van der Waals surface area (Å²) in [5.41, 5.74) is 6.62. The highest BCUT2D eigenvalue weighted by Gasteiger charge is 2.21. The van der Waals surface area contributed by atoms with Crippen molar-refractivity contribution in [2.24, 2.45) is 5.73 Å². The van der Waals surface area contributed by atoms with Gasteiger partial charge < -0.3 is 20.3 Å². The number of para-hydroxylation sites is 1. The molecule has 1 aliphatic heterocycles. The van der Waals surface area contributed by atoms with Crippen molar-refractivity contribution in [3.05, 3.63) is 29.8 Å². The number of hydrogen-bond donors (Lipinski definition) is 2. The second-order valence-corrected chi connectivity index (χ2v) is 5.20. The molecule has 0 amide bonds. The molecule has 0 aliphatic carbocycles. The monoisotopic (exact) mass is 280 g/mol. The van der Waals surface area contributed by atoms with E-state index in [-0.39, 0.29) is 6.61 Å². The number of morpholine rings is 1. The van der Waals surface area contributed by atoms with Crippen molar-refractivity contribution in [3.63, 3.8) is 0 Å². The molecule has 5 nitrogen and oxygen atoms in total. The Bertz CT molecular complexity index is 414. The van der Waals surface area contributed by atoms with Crippen molar-refractivity contribution in [1.82, 2.24) is 4.90 Å². The molecule has 2 atom stereocenters. The number of benzene rings is 1. The Morgan fingerprint density at radius 1 is 1.50 bits per heavy atom. The Morgan fingerprint density at radius 2 is 2.30 bits per heavy atom. The minimum absolute atomic E-state index is 0.279. The molecule has 1 aromatic carbocycles. The highest BCUT2D eigenvalue weighted by atomic mass is 16.5. The van der Waals surface area contributed by atoms with Gasteiger partial charge in [0.25, 0.3) is 0 Å². The highest BCUT2D eigenvalue weighted by molar-refractivity contribution is 5.32. The Kier molecular flexibility index (Phi) is 5.79. The number of rotatable bonds is 6. The van der Waals surface area contributed by atoms with Gasteiger partial charge in [0.05, 0.1) is 13.2 Å². The van der Waals surface area contributed by atoms with E-state index in [0.717, 1.165) is 31.1 Å². The van der Waals surface area contributed by atoms with E-state index in [2.05, 4.69) is 11.8 Å². The smallest absolute Gasteiger partial charge is 0.123 e. The highest BCUT2D eigenvalue weighted by Crippen LogP contribution is 2.17. The van der Waals surface area contributed by atoms with Gasteiger partial charge in [0.2, 0.25) is 0 Å². The second kappa shape index (κ2) is 7.59. The molecule has 112 valence electrons. The average Bonchev–Trinajstić information content (AvgIpc) is 2.48. The number of aliphatic hydroxyl groups is 1. The number of nitrogens with two attached hydrogens (primary N) is 1. The standard InChI is InChI=1S/C15H24N2O3/c1-12-10-19-7-6-17(12)9-14(18)11-20-15-5-3-2-4-13(15)8-16/h2-5,12,14,18H,6-11,16H2,1H3. The predicted octanol–water partition coefficient (Wildman–Crippen LogP) is 0.606.